The first-order chi connectivity index (χ1) is 17.3. The Morgan fingerprint density at radius 2 is 1.92 bits per heavy atom. The van der Waals surface area contributed by atoms with Crippen molar-refractivity contribution in [2.45, 2.75) is 13.5 Å². The summed E-state index contributed by atoms with van der Waals surface area (Å²) in [6, 6.07) is 12.6. The van der Waals surface area contributed by atoms with Crippen molar-refractivity contribution in [3.63, 3.8) is 0 Å². The molecule has 0 aliphatic heterocycles. The molecule has 0 saturated heterocycles. The lowest BCUT2D eigenvalue weighted by molar-refractivity contribution is -0.385. The molecule has 0 aliphatic carbocycles. The van der Waals surface area contributed by atoms with Gasteiger partial charge in [-0.2, -0.15) is 5.26 Å². The summed E-state index contributed by atoms with van der Waals surface area (Å²) in [6.07, 6.45) is 1.35. The van der Waals surface area contributed by atoms with E-state index < -0.39 is 16.6 Å². The van der Waals surface area contributed by atoms with Crippen LogP contribution in [-0.2, 0) is 6.61 Å². The molecule has 1 aromatic heterocycles. The summed E-state index contributed by atoms with van der Waals surface area (Å²) in [5.41, 5.74) is 1.19. The zero-order valence-corrected chi connectivity index (χ0v) is 20.7. The van der Waals surface area contributed by atoms with E-state index in [-0.39, 0.29) is 59.0 Å². The minimum absolute atomic E-state index is 0. The minimum Gasteiger partial charge on any atom is -0.487 e. The molecular weight excluding hydrogens is 529 g/mol. The Morgan fingerprint density at radius 3 is 2.57 bits per heavy atom. The molecule has 0 unspecified atom stereocenters. The van der Waals surface area contributed by atoms with Crippen LogP contribution in [0.5, 0.6) is 11.5 Å². The largest absolute Gasteiger partial charge is 0.487 e. The number of nitro benzene ring substituents is 1. The Bertz CT molecular complexity index is 1530. The molecule has 0 aliphatic rings. The molecule has 0 saturated carbocycles. The van der Waals surface area contributed by atoms with Crippen molar-refractivity contribution < 1.29 is 23.2 Å². The normalized spacial score (nSPS) is 10.4. The highest BCUT2D eigenvalue weighted by molar-refractivity contribution is 6.32. The molecule has 0 spiro atoms. The van der Waals surface area contributed by atoms with E-state index in [1.807, 2.05) is 6.07 Å². The third-order valence-electron chi connectivity index (χ3n) is 5.17. The number of nitrogens with zero attached hydrogens (tertiary/aromatic N) is 3. The number of anilines is 2. The van der Waals surface area contributed by atoms with Crippen LogP contribution in [0.15, 0.2) is 54.7 Å². The van der Waals surface area contributed by atoms with Gasteiger partial charge in [0, 0.05) is 41.0 Å². The zero-order chi connectivity index (χ0) is 25.8. The molecule has 190 valence electrons. The van der Waals surface area contributed by atoms with Crippen LogP contribution in [0.25, 0.3) is 10.9 Å². The van der Waals surface area contributed by atoms with Gasteiger partial charge in [-0.15, -0.1) is 12.4 Å². The molecule has 37 heavy (non-hydrogen) atoms. The van der Waals surface area contributed by atoms with Crippen molar-refractivity contribution >= 4 is 52.0 Å². The smallest absolute Gasteiger partial charge is 0.311 e. The molecule has 4 aromatic rings. The van der Waals surface area contributed by atoms with Crippen LogP contribution >= 0.6 is 24.0 Å². The first kappa shape index (κ1) is 27.4. The van der Waals surface area contributed by atoms with Crippen molar-refractivity contribution in [2.24, 2.45) is 0 Å². The van der Waals surface area contributed by atoms with E-state index >= 15 is 0 Å². The second-order valence-electron chi connectivity index (χ2n) is 7.48. The molecule has 4 rings (SSSR count). The van der Waals surface area contributed by atoms with Crippen LogP contribution in [-0.4, -0.2) is 16.5 Å². The van der Waals surface area contributed by atoms with Crippen LogP contribution in [0, 0.1) is 33.1 Å². The van der Waals surface area contributed by atoms with Gasteiger partial charge in [0.2, 0.25) is 0 Å². The molecule has 8 nitrogen and oxygen atoms in total. The SMILES string of the molecule is CCOc1cc2ncc(C#N)c(Nc3ccc(OCc4ccc(F)cc4F)c(Cl)c3)c2cc1[N+](=O)[O-].Cl. The highest BCUT2D eigenvalue weighted by Crippen LogP contribution is 2.38. The number of nitriles is 1. The van der Waals surface area contributed by atoms with Crippen molar-refractivity contribution in [3.05, 3.63) is 92.6 Å². The molecule has 0 fully saturated rings. The van der Waals surface area contributed by atoms with Gasteiger partial charge in [-0.1, -0.05) is 11.6 Å². The van der Waals surface area contributed by atoms with E-state index in [0.29, 0.717) is 22.3 Å². The van der Waals surface area contributed by atoms with Gasteiger partial charge in [-0.3, -0.25) is 15.1 Å². The van der Waals surface area contributed by atoms with Gasteiger partial charge in [0.25, 0.3) is 0 Å². The van der Waals surface area contributed by atoms with Gasteiger partial charge >= 0.3 is 5.69 Å². The number of aromatic nitrogens is 1. The highest BCUT2D eigenvalue weighted by Gasteiger charge is 2.20. The van der Waals surface area contributed by atoms with Gasteiger partial charge in [0.1, 0.15) is 30.1 Å². The molecular formula is C25H18Cl2F2N4O4. The van der Waals surface area contributed by atoms with Crippen molar-refractivity contribution in [3.8, 4) is 17.6 Å². The Balaban J connectivity index is 0.00000380. The fourth-order valence-electron chi connectivity index (χ4n) is 3.48. The number of hydrogen-bond donors (Lipinski definition) is 1. The molecule has 12 heteroatoms. The molecule has 0 atom stereocenters. The number of halogens is 4. The van der Waals surface area contributed by atoms with E-state index in [0.717, 1.165) is 12.1 Å². The summed E-state index contributed by atoms with van der Waals surface area (Å²) in [7, 11) is 0. The third-order valence-corrected chi connectivity index (χ3v) is 5.46. The maximum atomic E-state index is 13.9. The maximum absolute atomic E-state index is 13.9. The average molecular weight is 547 g/mol. The Morgan fingerprint density at radius 1 is 1.14 bits per heavy atom. The monoisotopic (exact) mass is 546 g/mol. The van der Waals surface area contributed by atoms with Crippen LogP contribution in [0.3, 0.4) is 0 Å². The summed E-state index contributed by atoms with van der Waals surface area (Å²) >= 11 is 6.34. The Labute approximate surface area is 221 Å². The van der Waals surface area contributed by atoms with Crippen LogP contribution < -0.4 is 14.8 Å². The summed E-state index contributed by atoms with van der Waals surface area (Å²) in [5.74, 6) is -1.10. The maximum Gasteiger partial charge on any atom is 0.311 e. The number of hydrogen-bond acceptors (Lipinski definition) is 7. The molecule has 3 aromatic carbocycles. The third kappa shape index (κ3) is 5.97. The topological polar surface area (TPSA) is 110 Å². The lowest BCUT2D eigenvalue weighted by atomic mass is 10.1. The average Bonchev–Trinajstić information content (AvgIpc) is 2.84. The van der Waals surface area contributed by atoms with Gasteiger partial charge in [-0.25, -0.2) is 8.78 Å². The highest BCUT2D eigenvalue weighted by atomic mass is 35.5. The summed E-state index contributed by atoms with van der Waals surface area (Å²) in [6.45, 7) is 1.77. The second-order valence-corrected chi connectivity index (χ2v) is 7.89. The van der Waals surface area contributed by atoms with Crippen molar-refractivity contribution in [1.29, 1.82) is 5.26 Å². The van der Waals surface area contributed by atoms with Crippen LogP contribution in [0.4, 0.5) is 25.8 Å². The number of rotatable bonds is 8. The van der Waals surface area contributed by atoms with Gasteiger partial charge in [0.15, 0.2) is 5.75 Å². The summed E-state index contributed by atoms with van der Waals surface area (Å²) in [5, 5.41) is 24.8. The number of fused-ring (bicyclic) bond motifs is 1. The summed E-state index contributed by atoms with van der Waals surface area (Å²) < 4.78 is 37.9. The molecule has 1 heterocycles. The number of nitrogens with one attached hydrogen (secondary N) is 1. The van der Waals surface area contributed by atoms with E-state index in [1.165, 1.54) is 36.5 Å². The minimum atomic E-state index is -0.736. The number of ether oxygens (including phenoxy) is 2. The fraction of sp³-hybridized carbons (Fsp3) is 0.120. The molecule has 0 bridgehead atoms. The van der Waals surface area contributed by atoms with E-state index in [2.05, 4.69) is 10.3 Å². The lowest BCUT2D eigenvalue weighted by Gasteiger charge is -2.14. The molecule has 0 amide bonds. The van der Waals surface area contributed by atoms with Crippen LogP contribution in [0.2, 0.25) is 5.02 Å². The lowest BCUT2D eigenvalue weighted by Crippen LogP contribution is -2.02. The number of nitro groups is 1. The van der Waals surface area contributed by atoms with Crippen molar-refractivity contribution in [2.75, 3.05) is 11.9 Å². The predicted octanol–water partition coefficient (Wildman–Crippen LogP) is 7.09. The fourth-order valence-corrected chi connectivity index (χ4v) is 3.71. The number of pyridine rings is 1. The van der Waals surface area contributed by atoms with Crippen molar-refractivity contribution in [1.82, 2.24) is 4.98 Å². The van der Waals surface area contributed by atoms with E-state index in [9.17, 15) is 24.2 Å². The Hall–Kier alpha value is -4.20. The quantitative estimate of drug-likeness (QED) is 0.185. The molecule has 0 radical (unpaired) electrons. The predicted molar refractivity (Wildman–Crippen MR) is 137 cm³/mol. The van der Waals surface area contributed by atoms with E-state index in [4.69, 9.17) is 21.1 Å². The standard InChI is InChI=1S/C25H17ClF2N4O4.ClH/c1-2-35-24-10-21-18(9-22(24)32(33)34)25(15(11-29)12-30-21)31-17-5-6-23(19(26)8-17)36-13-14-3-4-16(27)7-20(14)28;/h3-10,12H,2,13H2,1H3,(H,30,31);1H. The zero-order valence-electron chi connectivity index (χ0n) is 19.1. The molecule has 1 N–H and O–H groups in total. The van der Waals surface area contributed by atoms with Gasteiger partial charge < -0.3 is 14.8 Å². The van der Waals surface area contributed by atoms with E-state index in [1.54, 1.807) is 13.0 Å². The number of benzene rings is 3. The first-order valence-corrected chi connectivity index (χ1v) is 11.0. The van der Waals surface area contributed by atoms with Crippen LogP contribution in [0.1, 0.15) is 18.1 Å². The van der Waals surface area contributed by atoms with Gasteiger partial charge in [-0.05, 0) is 37.3 Å². The van der Waals surface area contributed by atoms with Gasteiger partial charge in [0.05, 0.1) is 33.3 Å². The second kappa shape index (κ2) is 11.7. The summed E-state index contributed by atoms with van der Waals surface area (Å²) in [4.78, 5) is 15.3. The Kier molecular flexibility index (Phi) is 8.65. The first-order valence-electron chi connectivity index (χ1n) is 10.6.